The van der Waals surface area contributed by atoms with Crippen molar-refractivity contribution in [2.45, 2.75) is 444 Å². The van der Waals surface area contributed by atoms with Gasteiger partial charge in [-0.1, -0.05) is 408 Å². The molecule has 0 aliphatic rings. The van der Waals surface area contributed by atoms with Crippen LogP contribution < -0.4 is 0 Å². The second-order valence-corrected chi connectivity index (χ2v) is 32.0. The minimum Gasteiger partial charge on any atom is -0.462 e. The van der Waals surface area contributed by atoms with Gasteiger partial charge in [-0.2, -0.15) is 0 Å². The number of phosphoric ester groups is 1. The normalized spacial score (nSPS) is 13.2. The molecule has 2 unspecified atom stereocenters. The first-order valence-corrected chi connectivity index (χ1v) is 44.5. The fraction of sp³-hybridized carbons (Fsp3) is 0.864. The van der Waals surface area contributed by atoms with E-state index in [1.54, 1.807) is 0 Å². The summed E-state index contributed by atoms with van der Waals surface area (Å²) in [5.41, 5.74) is 0. The van der Waals surface area contributed by atoms with Gasteiger partial charge in [-0.3, -0.25) is 18.6 Å². The van der Waals surface area contributed by atoms with E-state index < -0.39 is 26.5 Å². The predicted octanol–water partition coefficient (Wildman–Crippen LogP) is 28.8. The summed E-state index contributed by atoms with van der Waals surface area (Å²) in [6, 6.07) is 0. The number of likely N-dealkylation sites (N-methyl/N-ethyl adjacent to an activating group) is 1. The van der Waals surface area contributed by atoms with Gasteiger partial charge in [-0.05, 0) is 77.0 Å². The lowest BCUT2D eigenvalue weighted by molar-refractivity contribution is -0.870. The Bertz CT molecular complexity index is 1840. The zero-order valence-electron chi connectivity index (χ0n) is 66.0. The van der Waals surface area contributed by atoms with Crippen molar-refractivity contribution in [2.24, 2.45) is 0 Å². The molecule has 0 fully saturated rings. The first kappa shape index (κ1) is 95.7. The van der Waals surface area contributed by atoms with Gasteiger partial charge >= 0.3 is 19.8 Å². The van der Waals surface area contributed by atoms with Crippen LogP contribution in [0.25, 0.3) is 0 Å². The smallest absolute Gasteiger partial charge is 0.462 e. The van der Waals surface area contributed by atoms with Gasteiger partial charge in [0.25, 0.3) is 0 Å². The molecule has 0 rings (SSSR count). The lowest BCUT2D eigenvalue weighted by Crippen LogP contribution is -2.37. The Labute approximate surface area is 610 Å². The van der Waals surface area contributed by atoms with Gasteiger partial charge in [0.15, 0.2) is 6.10 Å². The molecule has 0 radical (unpaired) electrons. The van der Waals surface area contributed by atoms with Crippen LogP contribution in [0.3, 0.4) is 0 Å². The standard InChI is InChI=1S/C88H166NO8P/c1-6-8-10-12-14-16-18-20-22-24-26-28-30-32-34-36-38-40-42-43-44-45-47-48-50-52-54-56-58-60-62-64-66-68-70-72-74-76-78-80-87(90)94-84-86(85-96-98(92,93)95-83-82-89(3,4)5)97-88(91)81-79-77-75-73-71-69-67-65-63-61-59-57-55-53-51-49-46-41-39-37-35-33-31-29-27-25-23-21-19-17-15-13-11-9-7-2/h9,11,15,17,21,23-24,26-27,29,86H,6-8,10,12-14,16,18-20,22,25,28,30-85H2,1-5H3/p+1/b11-9-,17-15-,23-21-,26-24-,29-27-. The number of hydrogen-bond donors (Lipinski definition) is 1. The average Bonchev–Trinajstić information content (AvgIpc) is 1.08. The molecule has 0 saturated carbocycles. The van der Waals surface area contributed by atoms with E-state index in [1.165, 1.54) is 347 Å². The predicted molar refractivity (Wildman–Crippen MR) is 427 cm³/mol. The average molecular weight is 1400 g/mol. The van der Waals surface area contributed by atoms with Crippen molar-refractivity contribution in [3.8, 4) is 0 Å². The largest absolute Gasteiger partial charge is 0.472 e. The van der Waals surface area contributed by atoms with Crippen LogP contribution in [0.1, 0.15) is 438 Å². The molecule has 0 aromatic carbocycles. The molecule has 576 valence electrons. The molecule has 10 heteroatoms. The van der Waals surface area contributed by atoms with Crippen molar-refractivity contribution < 1.29 is 42.1 Å². The number of quaternary nitrogens is 1. The monoisotopic (exact) mass is 1400 g/mol. The maximum atomic E-state index is 12.9. The van der Waals surface area contributed by atoms with Gasteiger partial charge in [0.2, 0.25) is 0 Å². The Morgan fingerprint density at radius 3 is 0.878 bits per heavy atom. The van der Waals surface area contributed by atoms with Crippen molar-refractivity contribution in [3.63, 3.8) is 0 Å². The van der Waals surface area contributed by atoms with E-state index in [-0.39, 0.29) is 25.6 Å². The second-order valence-electron chi connectivity index (χ2n) is 30.5. The Morgan fingerprint density at radius 1 is 0.327 bits per heavy atom. The first-order valence-electron chi connectivity index (χ1n) is 43.0. The molecule has 0 bridgehead atoms. The Kier molecular flexibility index (Phi) is 77.0. The van der Waals surface area contributed by atoms with Crippen molar-refractivity contribution in [1.29, 1.82) is 0 Å². The quantitative estimate of drug-likeness (QED) is 0.0211. The minimum absolute atomic E-state index is 0.0345. The third-order valence-electron chi connectivity index (χ3n) is 19.5. The molecule has 0 aliphatic heterocycles. The fourth-order valence-corrected chi connectivity index (χ4v) is 13.8. The van der Waals surface area contributed by atoms with Crippen LogP contribution in [0.2, 0.25) is 0 Å². The zero-order valence-corrected chi connectivity index (χ0v) is 66.9. The fourth-order valence-electron chi connectivity index (χ4n) is 13.0. The summed E-state index contributed by atoms with van der Waals surface area (Å²) in [6.45, 7) is 4.40. The van der Waals surface area contributed by atoms with Gasteiger partial charge in [0.05, 0.1) is 27.7 Å². The van der Waals surface area contributed by atoms with Gasteiger partial charge in [0.1, 0.15) is 19.8 Å². The van der Waals surface area contributed by atoms with Crippen LogP contribution in [-0.4, -0.2) is 74.9 Å². The number of esters is 2. The third kappa shape index (κ3) is 82.7. The lowest BCUT2D eigenvalue weighted by atomic mass is 10.0. The summed E-state index contributed by atoms with van der Waals surface area (Å²) in [4.78, 5) is 36.0. The number of unbranched alkanes of at least 4 members (excludes halogenated alkanes) is 57. The van der Waals surface area contributed by atoms with Gasteiger partial charge in [-0.25, -0.2) is 4.57 Å². The summed E-state index contributed by atoms with van der Waals surface area (Å²) < 4.78 is 34.9. The summed E-state index contributed by atoms with van der Waals surface area (Å²) in [6.07, 6.45) is 107. The van der Waals surface area contributed by atoms with Crippen LogP contribution in [0, 0.1) is 0 Å². The van der Waals surface area contributed by atoms with Crippen molar-refractivity contribution >= 4 is 19.8 Å². The van der Waals surface area contributed by atoms with Crippen molar-refractivity contribution in [2.75, 3.05) is 47.5 Å². The van der Waals surface area contributed by atoms with Crippen LogP contribution in [0.4, 0.5) is 0 Å². The Hall–Kier alpha value is -2.29. The number of carbonyl (C=O) groups is 2. The highest BCUT2D eigenvalue weighted by atomic mass is 31.2. The number of phosphoric acid groups is 1. The van der Waals surface area contributed by atoms with Gasteiger partial charge in [-0.15, -0.1) is 0 Å². The van der Waals surface area contributed by atoms with E-state index in [1.807, 2.05) is 21.1 Å². The highest BCUT2D eigenvalue weighted by molar-refractivity contribution is 7.47. The van der Waals surface area contributed by atoms with Crippen LogP contribution in [-0.2, 0) is 32.7 Å². The SMILES string of the molecule is CC/C=C\C/C=C\C/C=C\C/C=C\CCCCCCCCCCCCCCCCCCCCCCCCC(=O)OC(COC(=O)CCCCCCCCCCCCCCCCCCCCCCCCCCCCC/C=C\CCCCCCCCCC)COP(=O)(O)OCC[N+](C)(C)C. The summed E-state index contributed by atoms with van der Waals surface area (Å²) in [5.74, 6) is -0.771. The highest BCUT2D eigenvalue weighted by Gasteiger charge is 2.27. The molecule has 2 atom stereocenters. The number of nitrogens with zero attached hydrogens (tertiary/aromatic N) is 1. The third-order valence-corrected chi connectivity index (χ3v) is 20.5. The Balaban J connectivity index is 3.86. The summed E-state index contributed by atoms with van der Waals surface area (Å²) >= 11 is 0. The molecule has 9 nitrogen and oxygen atoms in total. The molecule has 0 aromatic rings. The van der Waals surface area contributed by atoms with Crippen LogP contribution >= 0.6 is 7.82 Å². The molecular formula is C88H167NO8P+. The summed E-state index contributed by atoms with van der Waals surface area (Å²) in [5, 5.41) is 0. The number of carbonyl (C=O) groups excluding carboxylic acids is 2. The number of ether oxygens (including phenoxy) is 2. The van der Waals surface area contributed by atoms with Crippen LogP contribution in [0.5, 0.6) is 0 Å². The van der Waals surface area contributed by atoms with Crippen LogP contribution in [0.15, 0.2) is 60.8 Å². The van der Waals surface area contributed by atoms with E-state index in [9.17, 15) is 19.0 Å². The maximum Gasteiger partial charge on any atom is 0.472 e. The molecular weight excluding hydrogens is 1230 g/mol. The van der Waals surface area contributed by atoms with Crippen molar-refractivity contribution in [3.05, 3.63) is 60.8 Å². The van der Waals surface area contributed by atoms with Gasteiger partial charge in [0, 0.05) is 12.8 Å². The van der Waals surface area contributed by atoms with E-state index in [0.717, 1.165) is 57.8 Å². The number of allylic oxidation sites excluding steroid dienone is 10. The minimum atomic E-state index is -4.40. The topological polar surface area (TPSA) is 108 Å². The highest BCUT2D eigenvalue weighted by Crippen LogP contribution is 2.43. The molecule has 98 heavy (non-hydrogen) atoms. The lowest BCUT2D eigenvalue weighted by Gasteiger charge is -2.24. The van der Waals surface area contributed by atoms with E-state index in [0.29, 0.717) is 23.9 Å². The number of hydrogen-bond acceptors (Lipinski definition) is 7. The van der Waals surface area contributed by atoms with Crippen molar-refractivity contribution in [1.82, 2.24) is 0 Å². The van der Waals surface area contributed by atoms with E-state index >= 15 is 0 Å². The number of rotatable bonds is 81. The van der Waals surface area contributed by atoms with Gasteiger partial charge < -0.3 is 18.9 Å². The molecule has 0 aromatic heterocycles. The van der Waals surface area contributed by atoms with E-state index in [4.69, 9.17) is 18.5 Å². The molecule has 0 amide bonds. The summed E-state index contributed by atoms with van der Waals surface area (Å²) in [7, 11) is 1.50. The Morgan fingerprint density at radius 2 is 0.582 bits per heavy atom. The molecule has 1 N–H and O–H groups in total. The van der Waals surface area contributed by atoms with E-state index in [2.05, 4.69) is 74.6 Å². The second kappa shape index (κ2) is 78.8. The molecule has 0 heterocycles. The molecule has 0 saturated heterocycles. The zero-order chi connectivity index (χ0) is 71.1. The first-order chi connectivity index (χ1) is 48.0. The molecule has 0 aliphatic carbocycles. The molecule has 0 spiro atoms. The maximum absolute atomic E-state index is 12.9.